The van der Waals surface area contributed by atoms with E-state index < -0.39 is 0 Å². The van der Waals surface area contributed by atoms with Gasteiger partial charge < -0.3 is 5.32 Å². The molecule has 5 nitrogen and oxygen atoms in total. The zero-order valence-electron chi connectivity index (χ0n) is 11.1. The van der Waals surface area contributed by atoms with Gasteiger partial charge in [-0.1, -0.05) is 13.8 Å². The second-order valence-electron chi connectivity index (χ2n) is 3.93. The summed E-state index contributed by atoms with van der Waals surface area (Å²) in [5, 5.41) is 5.03. The molecule has 0 amide bonds. The van der Waals surface area contributed by atoms with Gasteiger partial charge in [0.15, 0.2) is 0 Å². The van der Waals surface area contributed by atoms with Gasteiger partial charge >= 0.3 is 0 Å². The van der Waals surface area contributed by atoms with Gasteiger partial charge in [0, 0.05) is 31.4 Å². The van der Waals surface area contributed by atoms with Gasteiger partial charge in [-0.05, 0) is 18.2 Å². The summed E-state index contributed by atoms with van der Waals surface area (Å²) >= 11 is 1.50. The van der Waals surface area contributed by atoms with Crippen molar-refractivity contribution in [3.05, 3.63) is 30.5 Å². The largest absolute Gasteiger partial charge is 0.370 e. The molecule has 2 aromatic rings. The Morgan fingerprint density at radius 1 is 1.16 bits per heavy atom. The second-order valence-corrected chi connectivity index (χ2v) is 4.97. The number of anilines is 1. The third kappa shape index (κ3) is 4.17. The molecule has 0 aliphatic rings. The van der Waals surface area contributed by atoms with Crippen LogP contribution < -0.4 is 5.32 Å². The van der Waals surface area contributed by atoms with Crippen LogP contribution in [0.25, 0.3) is 0 Å². The predicted molar refractivity (Wildman–Crippen MR) is 76.3 cm³/mol. The van der Waals surface area contributed by atoms with E-state index in [1.54, 1.807) is 18.6 Å². The molecular formula is C13H17N5S. The fraction of sp³-hybridized carbons (Fsp3) is 0.385. The van der Waals surface area contributed by atoms with Crippen molar-refractivity contribution in [3.63, 3.8) is 0 Å². The Morgan fingerprint density at radius 3 is 2.74 bits per heavy atom. The highest BCUT2D eigenvalue weighted by Crippen LogP contribution is 2.25. The molecule has 0 saturated heterocycles. The van der Waals surface area contributed by atoms with Crippen LogP contribution >= 0.6 is 11.8 Å². The summed E-state index contributed by atoms with van der Waals surface area (Å²) in [5.41, 5.74) is 0. The molecule has 2 heterocycles. The number of nitrogens with zero attached hydrogens (tertiary/aromatic N) is 4. The van der Waals surface area contributed by atoms with Crippen LogP contribution in [0.3, 0.4) is 0 Å². The monoisotopic (exact) mass is 275 g/mol. The molecule has 6 heteroatoms. The minimum absolute atomic E-state index is 0.815. The molecule has 0 aliphatic carbocycles. The van der Waals surface area contributed by atoms with Crippen LogP contribution in [0, 0.1) is 0 Å². The zero-order chi connectivity index (χ0) is 13.5. The Labute approximate surface area is 117 Å². The van der Waals surface area contributed by atoms with E-state index in [0.717, 1.165) is 41.1 Å². The van der Waals surface area contributed by atoms with Gasteiger partial charge in [0.05, 0.1) is 6.20 Å². The predicted octanol–water partition coefficient (Wildman–Crippen LogP) is 2.80. The van der Waals surface area contributed by atoms with Gasteiger partial charge in [0.2, 0.25) is 0 Å². The molecule has 0 aliphatic heterocycles. The van der Waals surface area contributed by atoms with Crippen molar-refractivity contribution in [1.82, 2.24) is 19.9 Å². The smallest absolute Gasteiger partial charge is 0.131 e. The number of aryl methyl sites for hydroxylation is 1. The molecule has 0 fully saturated rings. The van der Waals surface area contributed by atoms with Crippen LogP contribution in [0.2, 0.25) is 0 Å². The zero-order valence-corrected chi connectivity index (χ0v) is 11.9. The maximum atomic E-state index is 4.50. The third-order valence-electron chi connectivity index (χ3n) is 2.37. The molecule has 0 unspecified atom stereocenters. The first kappa shape index (κ1) is 13.7. The fourth-order valence-corrected chi connectivity index (χ4v) is 2.24. The van der Waals surface area contributed by atoms with Crippen LogP contribution in [0.4, 0.5) is 5.82 Å². The lowest BCUT2D eigenvalue weighted by Gasteiger charge is -2.08. The van der Waals surface area contributed by atoms with E-state index in [4.69, 9.17) is 0 Å². The first-order chi connectivity index (χ1) is 9.31. The van der Waals surface area contributed by atoms with E-state index in [-0.39, 0.29) is 0 Å². The second kappa shape index (κ2) is 7.04. The topological polar surface area (TPSA) is 63.6 Å². The van der Waals surface area contributed by atoms with Gasteiger partial charge in [-0.2, -0.15) is 0 Å². The number of rotatable bonds is 6. The summed E-state index contributed by atoms with van der Waals surface area (Å²) < 4.78 is 0. The molecule has 0 atom stereocenters. The molecule has 2 rings (SSSR count). The van der Waals surface area contributed by atoms with E-state index in [2.05, 4.69) is 39.1 Å². The molecular weight excluding hydrogens is 258 g/mol. The summed E-state index contributed by atoms with van der Waals surface area (Å²) in [6.07, 6.45) is 6.96. The number of hydrogen-bond acceptors (Lipinski definition) is 6. The first-order valence-corrected chi connectivity index (χ1v) is 7.19. The summed E-state index contributed by atoms with van der Waals surface area (Å²) in [4.78, 5) is 17.3. The van der Waals surface area contributed by atoms with Crippen LogP contribution in [0.1, 0.15) is 26.1 Å². The Kier molecular flexibility index (Phi) is 5.09. The lowest BCUT2D eigenvalue weighted by atomic mass is 10.4. The minimum Gasteiger partial charge on any atom is -0.370 e. The van der Waals surface area contributed by atoms with Crippen molar-refractivity contribution in [3.8, 4) is 0 Å². The van der Waals surface area contributed by atoms with E-state index in [1.165, 1.54) is 11.8 Å². The van der Waals surface area contributed by atoms with E-state index in [1.807, 2.05) is 6.07 Å². The SMILES string of the molecule is CCCNc1cc(Sc2cnccn2)nc(CC)n1. The molecule has 0 bridgehead atoms. The van der Waals surface area contributed by atoms with E-state index in [0.29, 0.717) is 0 Å². The third-order valence-corrected chi connectivity index (χ3v) is 3.21. The highest BCUT2D eigenvalue weighted by Gasteiger charge is 2.06. The molecule has 0 aromatic carbocycles. The molecule has 0 radical (unpaired) electrons. The van der Waals surface area contributed by atoms with Crippen molar-refractivity contribution in [2.45, 2.75) is 36.7 Å². The van der Waals surface area contributed by atoms with Crippen LogP contribution in [0.15, 0.2) is 34.7 Å². The minimum atomic E-state index is 0.815. The molecule has 0 saturated carbocycles. The summed E-state index contributed by atoms with van der Waals surface area (Å²) in [5.74, 6) is 1.72. The van der Waals surface area contributed by atoms with Crippen LogP contribution in [-0.2, 0) is 6.42 Å². The maximum absolute atomic E-state index is 4.50. The normalized spacial score (nSPS) is 10.4. The average Bonchev–Trinajstić information content (AvgIpc) is 2.46. The fourth-order valence-electron chi connectivity index (χ4n) is 1.47. The van der Waals surface area contributed by atoms with Gasteiger partial charge in [0.25, 0.3) is 0 Å². The van der Waals surface area contributed by atoms with Crippen molar-refractivity contribution in [2.75, 3.05) is 11.9 Å². The lowest BCUT2D eigenvalue weighted by Crippen LogP contribution is -2.05. The molecule has 100 valence electrons. The average molecular weight is 275 g/mol. The summed E-state index contributed by atoms with van der Waals surface area (Å²) in [6.45, 7) is 5.09. The van der Waals surface area contributed by atoms with E-state index in [9.17, 15) is 0 Å². The van der Waals surface area contributed by atoms with Gasteiger partial charge in [-0.25, -0.2) is 15.0 Å². The number of aromatic nitrogens is 4. The first-order valence-electron chi connectivity index (χ1n) is 6.37. The Morgan fingerprint density at radius 2 is 2.05 bits per heavy atom. The van der Waals surface area contributed by atoms with E-state index >= 15 is 0 Å². The summed E-state index contributed by atoms with van der Waals surface area (Å²) in [7, 11) is 0. The highest BCUT2D eigenvalue weighted by atomic mass is 32.2. The van der Waals surface area contributed by atoms with Crippen LogP contribution in [0.5, 0.6) is 0 Å². The van der Waals surface area contributed by atoms with Gasteiger partial charge in [-0.15, -0.1) is 0 Å². The quantitative estimate of drug-likeness (QED) is 0.818. The molecule has 1 N–H and O–H groups in total. The number of nitrogens with one attached hydrogen (secondary N) is 1. The molecule has 0 spiro atoms. The van der Waals surface area contributed by atoms with Crippen molar-refractivity contribution >= 4 is 17.6 Å². The molecule has 2 aromatic heterocycles. The van der Waals surface area contributed by atoms with Crippen molar-refractivity contribution < 1.29 is 0 Å². The van der Waals surface area contributed by atoms with Crippen LogP contribution in [-0.4, -0.2) is 26.5 Å². The Balaban J connectivity index is 2.19. The summed E-state index contributed by atoms with van der Waals surface area (Å²) in [6, 6.07) is 1.95. The highest BCUT2D eigenvalue weighted by molar-refractivity contribution is 7.99. The standard InChI is InChI=1S/C13H17N5S/c1-3-5-15-11-8-12(18-10(4-2)17-11)19-13-9-14-6-7-16-13/h6-9H,3-5H2,1-2H3,(H,15,17,18). The van der Waals surface area contributed by atoms with Gasteiger partial charge in [0.1, 0.15) is 21.7 Å². The lowest BCUT2D eigenvalue weighted by molar-refractivity contribution is 0.876. The Hall–Kier alpha value is -1.69. The Bertz CT molecular complexity index is 518. The number of hydrogen-bond donors (Lipinski definition) is 1. The van der Waals surface area contributed by atoms with Crippen molar-refractivity contribution in [2.24, 2.45) is 0 Å². The van der Waals surface area contributed by atoms with Gasteiger partial charge in [-0.3, -0.25) is 4.98 Å². The molecule has 19 heavy (non-hydrogen) atoms. The van der Waals surface area contributed by atoms with Crippen molar-refractivity contribution in [1.29, 1.82) is 0 Å². The maximum Gasteiger partial charge on any atom is 0.131 e.